The summed E-state index contributed by atoms with van der Waals surface area (Å²) in [7, 11) is 0. The van der Waals surface area contributed by atoms with Crippen LogP contribution >= 0.6 is 0 Å². The molecule has 0 fully saturated rings. The first-order valence-corrected chi connectivity index (χ1v) is 26.2. The van der Waals surface area contributed by atoms with Crippen LogP contribution in [0, 0.1) is 35.5 Å². The largest absolute Gasteiger partial charge is 0.310 e. The number of rotatable bonds is 12. The fourth-order valence-electron chi connectivity index (χ4n) is 11.8. The van der Waals surface area contributed by atoms with Crippen molar-refractivity contribution >= 4 is 49.9 Å². The summed E-state index contributed by atoms with van der Waals surface area (Å²) < 4.78 is 0. The van der Waals surface area contributed by atoms with Crippen molar-refractivity contribution in [2.45, 2.75) is 25.7 Å². The van der Waals surface area contributed by atoms with Gasteiger partial charge >= 0.3 is 0 Å². The molecule has 0 heterocycles. The zero-order chi connectivity index (χ0) is 52.6. The second kappa shape index (κ2) is 20.0. The average molecular weight is 987 g/mol. The van der Waals surface area contributed by atoms with Crippen molar-refractivity contribution in [3.63, 3.8) is 0 Å². The minimum Gasteiger partial charge on any atom is -0.310 e. The van der Waals surface area contributed by atoms with Gasteiger partial charge in [-0.2, -0.15) is 10.5 Å². The van der Waals surface area contributed by atoms with Gasteiger partial charge in [-0.05, 0) is 171 Å². The smallest absolute Gasteiger partial charge is 0.0991 e. The summed E-state index contributed by atoms with van der Waals surface area (Å²) in [6.07, 6.45) is 9.11. The average Bonchev–Trinajstić information content (AvgIpc) is 4.05. The summed E-state index contributed by atoms with van der Waals surface area (Å²) >= 11 is 0. The molecule has 2 aliphatic rings. The molecule has 1 atom stereocenters. The molecule has 0 radical (unpaired) electrons. The molecule has 0 amide bonds. The van der Waals surface area contributed by atoms with Crippen LogP contribution in [0.3, 0.4) is 0 Å². The van der Waals surface area contributed by atoms with Gasteiger partial charge in [0.2, 0.25) is 0 Å². The highest BCUT2D eigenvalue weighted by atomic mass is 15.2. The van der Waals surface area contributed by atoms with E-state index in [1.54, 1.807) is 0 Å². The third-order valence-corrected chi connectivity index (χ3v) is 15.6. The molecule has 2 aliphatic carbocycles. The monoisotopic (exact) mass is 986 g/mol. The minimum atomic E-state index is -0.665. The Kier molecular flexibility index (Phi) is 12.5. The number of nitrogens with zero attached hydrogens (tertiary/aromatic N) is 4. The van der Waals surface area contributed by atoms with E-state index in [0.29, 0.717) is 12.0 Å². The molecule has 77 heavy (non-hydrogen) atoms. The number of aryl methyl sites for hydroxylation is 1. The van der Waals surface area contributed by atoms with Crippen molar-refractivity contribution in [3.8, 4) is 34.4 Å². The zero-order valence-corrected chi connectivity index (χ0v) is 43.2. The maximum Gasteiger partial charge on any atom is 0.0991 e. The first-order valence-electron chi connectivity index (χ1n) is 26.2. The van der Waals surface area contributed by atoms with Crippen molar-refractivity contribution in [1.82, 2.24) is 0 Å². The SMILES string of the molecule is C=C(/C(C)=C\C(=C)N(c1ccc(C#N)cc1)c1cccc2ccccc12)c1ccc2c(c1)C(c1ccccc1)(c1ccccc1)c1cc(-c3ccc(N(C4=CCC(C#N)C=C4)c4cccc5ccccc45)cc3C)ccc1-2. The lowest BCUT2D eigenvalue weighted by molar-refractivity contribution is 0.768. The van der Waals surface area contributed by atoms with Crippen LogP contribution in [0.15, 0.2) is 279 Å². The van der Waals surface area contributed by atoms with Gasteiger partial charge in [0.1, 0.15) is 0 Å². The Bertz CT molecular complexity index is 4110. The third-order valence-electron chi connectivity index (χ3n) is 15.6. The Balaban J connectivity index is 0.958. The van der Waals surface area contributed by atoms with Crippen molar-refractivity contribution in [2.75, 3.05) is 9.80 Å². The van der Waals surface area contributed by atoms with Gasteiger partial charge in [-0.25, -0.2) is 0 Å². The first-order chi connectivity index (χ1) is 37.7. The molecule has 0 bridgehead atoms. The molecule has 4 heteroatoms. The standard InChI is InChI=1S/C73H54N4/c1-49(43-51(3)76(61-35-29-53(47-74)30-36-61)71-27-15-19-55-17-11-13-25-65(55)71)52(4)57-33-40-67-68-41-34-58(46-70(68)73(69(67)45-57,59-21-7-5-8-22-59)60-23-9-6-10-24-60)64-42-39-63(44-50(64)2)77(62-37-31-54(48-75)32-38-62)72-28-16-20-56-18-12-14-26-66(56)72/h5-31,33-46,54H,3-4,32H2,1-2H3/b49-43-. The van der Waals surface area contributed by atoms with Gasteiger partial charge in [0.15, 0.2) is 0 Å². The second-order valence-electron chi connectivity index (χ2n) is 20.1. The molecule has 10 aromatic rings. The van der Waals surface area contributed by atoms with E-state index < -0.39 is 5.41 Å². The van der Waals surface area contributed by atoms with E-state index in [0.717, 1.165) is 83.7 Å². The fourth-order valence-corrected chi connectivity index (χ4v) is 11.8. The van der Waals surface area contributed by atoms with Crippen molar-refractivity contribution in [3.05, 3.63) is 318 Å². The Hall–Kier alpha value is -10.0. The van der Waals surface area contributed by atoms with Crippen LogP contribution in [0.2, 0.25) is 0 Å². The molecule has 0 N–H and O–H groups in total. The first kappa shape index (κ1) is 48.0. The molecule has 0 saturated heterocycles. The number of benzene rings is 10. The van der Waals surface area contributed by atoms with E-state index in [4.69, 9.17) is 13.2 Å². The Morgan fingerprint density at radius 2 is 1.16 bits per heavy atom. The molecule has 0 spiro atoms. The lowest BCUT2D eigenvalue weighted by Gasteiger charge is -2.34. The summed E-state index contributed by atoms with van der Waals surface area (Å²) in [6.45, 7) is 13.8. The number of fused-ring (bicyclic) bond motifs is 5. The normalized spacial score (nSPS) is 14.2. The highest BCUT2D eigenvalue weighted by Crippen LogP contribution is 2.57. The summed E-state index contributed by atoms with van der Waals surface area (Å²) in [5, 5.41) is 24.0. The number of allylic oxidation sites excluding steroid dienone is 6. The maximum absolute atomic E-state index is 9.77. The fraction of sp³-hybridized carbons (Fsp3) is 0.0685. The quantitative estimate of drug-likeness (QED) is 0.114. The van der Waals surface area contributed by atoms with Crippen LogP contribution in [0.25, 0.3) is 49.4 Å². The third kappa shape index (κ3) is 8.44. The van der Waals surface area contributed by atoms with Crippen LogP contribution in [0.4, 0.5) is 22.7 Å². The lowest BCUT2D eigenvalue weighted by atomic mass is 9.67. The van der Waals surface area contributed by atoms with Gasteiger partial charge in [0.05, 0.1) is 40.4 Å². The Morgan fingerprint density at radius 3 is 1.78 bits per heavy atom. The lowest BCUT2D eigenvalue weighted by Crippen LogP contribution is -2.28. The highest BCUT2D eigenvalue weighted by molar-refractivity contribution is 5.99. The number of anilines is 4. The Labute approximate surface area is 451 Å². The van der Waals surface area contributed by atoms with Crippen molar-refractivity contribution in [2.24, 2.45) is 5.92 Å². The summed E-state index contributed by atoms with van der Waals surface area (Å²) in [4.78, 5) is 4.51. The summed E-state index contributed by atoms with van der Waals surface area (Å²) in [5.74, 6) is -0.140. The number of hydrogen-bond donors (Lipinski definition) is 0. The second-order valence-corrected chi connectivity index (χ2v) is 20.1. The number of hydrogen-bond acceptors (Lipinski definition) is 4. The Morgan fingerprint density at radius 1 is 0.584 bits per heavy atom. The maximum atomic E-state index is 9.77. The van der Waals surface area contributed by atoms with Crippen LogP contribution in [0.1, 0.15) is 52.3 Å². The van der Waals surface area contributed by atoms with E-state index >= 15 is 0 Å². The topological polar surface area (TPSA) is 54.1 Å². The minimum absolute atomic E-state index is 0.140. The predicted octanol–water partition coefficient (Wildman–Crippen LogP) is 18.6. The van der Waals surface area contributed by atoms with Crippen LogP contribution in [-0.4, -0.2) is 0 Å². The molecule has 10 aromatic carbocycles. The van der Waals surface area contributed by atoms with E-state index in [1.807, 2.05) is 30.3 Å². The van der Waals surface area contributed by atoms with Crippen molar-refractivity contribution < 1.29 is 0 Å². The molecule has 4 nitrogen and oxygen atoms in total. The van der Waals surface area contributed by atoms with E-state index in [9.17, 15) is 10.5 Å². The zero-order valence-electron chi connectivity index (χ0n) is 43.2. The van der Waals surface area contributed by atoms with Gasteiger partial charge in [-0.15, -0.1) is 0 Å². The van der Waals surface area contributed by atoms with Gasteiger partial charge in [0.25, 0.3) is 0 Å². The van der Waals surface area contributed by atoms with Crippen LogP contribution in [-0.2, 0) is 5.41 Å². The van der Waals surface area contributed by atoms with Gasteiger partial charge in [-0.3, -0.25) is 0 Å². The van der Waals surface area contributed by atoms with Gasteiger partial charge < -0.3 is 9.80 Å². The molecular weight excluding hydrogens is 933 g/mol. The molecule has 0 saturated carbocycles. The molecule has 0 aliphatic heterocycles. The van der Waals surface area contributed by atoms with Gasteiger partial charge in [0, 0.05) is 33.5 Å². The summed E-state index contributed by atoms with van der Waals surface area (Å²) in [6, 6.07) is 84.8. The molecule has 1 unspecified atom stereocenters. The summed E-state index contributed by atoms with van der Waals surface area (Å²) in [5.41, 5.74) is 19.4. The van der Waals surface area contributed by atoms with E-state index in [-0.39, 0.29) is 5.92 Å². The van der Waals surface area contributed by atoms with E-state index in [1.165, 1.54) is 38.8 Å². The molecule has 366 valence electrons. The highest BCUT2D eigenvalue weighted by Gasteiger charge is 2.46. The molecule has 12 rings (SSSR count). The molecule has 0 aromatic heterocycles. The van der Waals surface area contributed by atoms with Gasteiger partial charge in [-0.1, -0.05) is 189 Å². The molecular formula is C73H54N4. The van der Waals surface area contributed by atoms with Crippen LogP contribution < -0.4 is 9.80 Å². The number of nitriles is 2. The predicted molar refractivity (Wildman–Crippen MR) is 320 cm³/mol. The van der Waals surface area contributed by atoms with Crippen molar-refractivity contribution in [1.29, 1.82) is 10.5 Å². The van der Waals surface area contributed by atoms with Crippen LogP contribution in [0.5, 0.6) is 0 Å². The van der Waals surface area contributed by atoms with E-state index in [2.05, 4.69) is 254 Å².